The lowest BCUT2D eigenvalue weighted by molar-refractivity contribution is 1.07. The molecule has 0 saturated carbocycles. The number of hydrogen-bond acceptors (Lipinski definition) is 4. The molecule has 2 heterocycles. The van der Waals surface area contributed by atoms with Gasteiger partial charge in [-0.1, -0.05) is 155 Å². The summed E-state index contributed by atoms with van der Waals surface area (Å²) in [4.78, 5) is 14.8. The average Bonchev–Trinajstić information content (AvgIpc) is 3.67. The van der Waals surface area contributed by atoms with E-state index in [1.165, 1.54) is 11.3 Å². The van der Waals surface area contributed by atoms with Crippen molar-refractivity contribution in [2.45, 2.75) is 0 Å². The summed E-state index contributed by atoms with van der Waals surface area (Å²) >= 11 is 1.36. The predicted octanol–water partition coefficient (Wildman–Crippen LogP) is 3.80. The molecule has 3 nitrogen and oxygen atoms in total. The van der Waals surface area contributed by atoms with E-state index >= 15 is 0 Å². The normalized spacial score (nSPS) is 11.4. The molecule has 0 unspecified atom stereocenters. The van der Waals surface area contributed by atoms with Gasteiger partial charge in [0.1, 0.15) is 54.9 Å². The molecule has 9 aromatic rings. The topological polar surface area (TPSA) is 38.7 Å². The first-order valence-electron chi connectivity index (χ1n) is 17.8. The van der Waals surface area contributed by atoms with Crippen LogP contribution in [0.2, 0.25) is 0 Å². The van der Waals surface area contributed by atoms with Gasteiger partial charge in [0.2, 0.25) is 0 Å². The number of fused-ring (bicyclic) bond motifs is 3. The van der Waals surface area contributed by atoms with E-state index in [-0.39, 0.29) is 10.9 Å². The lowest BCUT2D eigenvalue weighted by Crippen LogP contribution is -2.47. The fourth-order valence-electron chi connectivity index (χ4n) is 7.17. The molecule has 11 heteroatoms. The first kappa shape index (κ1) is 35.9. The van der Waals surface area contributed by atoms with Gasteiger partial charge in [-0.05, 0) is 50.2 Å². The quantitative estimate of drug-likeness (QED) is 0.247. The van der Waals surface area contributed by atoms with Crippen LogP contribution in [0.4, 0.5) is 0 Å². The molecule has 2 aromatic heterocycles. The van der Waals surface area contributed by atoms with Gasteiger partial charge in [0, 0.05) is 26.1 Å². The van der Waals surface area contributed by atoms with Gasteiger partial charge in [-0.2, -0.15) is 0 Å². The fourth-order valence-corrected chi connectivity index (χ4v) is 8.43. The second kappa shape index (κ2) is 14.4. The van der Waals surface area contributed by atoms with Crippen molar-refractivity contribution in [1.82, 2.24) is 15.0 Å². The van der Waals surface area contributed by atoms with E-state index in [0.29, 0.717) is 70.5 Å². The van der Waals surface area contributed by atoms with Gasteiger partial charge in [-0.25, -0.2) is 15.0 Å². The third-order valence-corrected chi connectivity index (χ3v) is 11.4. The highest BCUT2D eigenvalue weighted by Crippen LogP contribution is 2.33. The molecule has 0 bridgehead atoms. The van der Waals surface area contributed by atoms with Gasteiger partial charge >= 0.3 is 0 Å². The summed E-state index contributed by atoms with van der Waals surface area (Å²) in [5, 5.41) is 1.22. The Hall–Kier alpha value is -5.78. The van der Waals surface area contributed by atoms with Crippen LogP contribution in [-0.2, 0) is 0 Å². The summed E-state index contributed by atoms with van der Waals surface area (Å²) < 4.78 is 1.37. The number of hydrogen-bond donors (Lipinski definition) is 0. The van der Waals surface area contributed by atoms with E-state index in [0.717, 1.165) is 44.5 Å². The van der Waals surface area contributed by atoms with Crippen LogP contribution in [-0.4, -0.2) is 69.9 Å². The van der Waals surface area contributed by atoms with Crippen molar-refractivity contribution < 1.29 is 0 Å². The highest BCUT2D eigenvalue weighted by atomic mass is 32.1. The number of thiophene rings is 1. The number of rotatable bonds is 6. The summed E-state index contributed by atoms with van der Waals surface area (Å²) in [5.74, 6) is 1.75. The molecule has 0 N–H and O–H groups in total. The van der Waals surface area contributed by atoms with Gasteiger partial charge < -0.3 is 0 Å². The number of aromatic nitrogens is 3. The maximum Gasteiger partial charge on any atom is 0.164 e. The Morgan fingerprint density at radius 2 is 0.679 bits per heavy atom. The molecule has 0 aliphatic rings. The molecule has 0 atom stereocenters. The molecular formula is C45H22B7N3S. The predicted molar refractivity (Wildman–Crippen MR) is 243 cm³/mol. The Bertz CT molecular complexity index is 2970. The molecule has 9 rings (SSSR count). The van der Waals surface area contributed by atoms with Crippen LogP contribution in [0.5, 0.6) is 0 Å². The Morgan fingerprint density at radius 1 is 0.304 bits per heavy atom. The largest absolute Gasteiger partial charge is 0.208 e. The van der Waals surface area contributed by atoms with Crippen LogP contribution >= 0.6 is 11.3 Å². The zero-order valence-electron chi connectivity index (χ0n) is 30.0. The summed E-state index contributed by atoms with van der Waals surface area (Å²) in [5.41, 5.74) is 10.5. The Labute approximate surface area is 338 Å². The highest BCUT2D eigenvalue weighted by Gasteiger charge is 2.20. The zero-order valence-corrected chi connectivity index (χ0v) is 30.8. The van der Waals surface area contributed by atoms with Crippen LogP contribution in [0.1, 0.15) is 0 Å². The van der Waals surface area contributed by atoms with Crippen molar-refractivity contribution in [3.8, 4) is 67.5 Å². The Kier molecular flexibility index (Phi) is 9.22. The summed E-state index contributed by atoms with van der Waals surface area (Å²) in [6.07, 6.45) is 0. The SMILES string of the molecule is [B]c1c([B])c([B])c2c(sc3c([B])c(-c4cccc(-c5ccc(-c6nc(-c7ccccc7)nc(-c7ccc(-c8ccccc8)cc7)n6)cc5)c4)c([B])c([B])c32)c1[B]. The van der Waals surface area contributed by atoms with E-state index < -0.39 is 0 Å². The van der Waals surface area contributed by atoms with E-state index in [4.69, 9.17) is 69.9 Å². The maximum absolute atomic E-state index is 6.89. The van der Waals surface area contributed by atoms with Crippen LogP contribution < -0.4 is 38.2 Å². The summed E-state index contributed by atoms with van der Waals surface area (Å²) in [7, 11) is 45.6. The van der Waals surface area contributed by atoms with E-state index in [1.54, 1.807) is 0 Å². The van der Waals surface area contributed by atoms with Crippen LogP contribution in [0.25, 0.3) is 87.7 Å². The molecule has 14 radical (unpaired) electrons. The van der Waals surface area contributed by atoms with Gasteiger partial charge in [-0.15, -0.1) is 22.3 Å². The minimum absolute atomic E-state index is 0.204. The maximum atomic E-state index is 6.89. The molecule has 0 fully saturated rings. The summed E-state index contributed by atoms with van der Waals surface area (Å²) in [6.45, 7) is 0. The van der Waals surface area contributed by atoms with E-state index in [2.05, 4.69) is 36.4 Å². The smallest absolute Gasteiger partial charge is 0.164 e. The van der Waals surface area contributed by atoms with Crippen LogP contribution in [0.3, 0.4) is 0 Å². The van der Waals surface area contributed by atoms with Crippen molar-refractivity contribution in [3.63, 3.8) is 0 Å². The van der Waals surface area contributed by atoms with Gasteiger partial charge in [0.15, 0.2) is 17.5 Å². The second-order valence-corrected chi connectivity index (χ2v) is 14.6. The fraction of sp³-hybridized carbons (Fsp3) is 0. The highest BCUT2D eigenvalue weighted by molar-refractivity contribution is 7.28. The van der Waals surface area contributed by atoms with Crippen LogP contribution in [0.15, 0.2) is 133 Å². The third-order valence-electron chi connectivity index (χ3n) is 10.2. The van der Waals surface area contributed by atoms with Crippen LogP contribution in [0, 0.1) is 0 Å². The molecule has 0 saturated heterocycles. The Morgan fingerprint density at radius 3 is 1.23 bits per heavy atom. The van der Waals surface area contributed by atoms with Crippen molar-refractivity contribution in [2.24, 2.45) is 0 Å². The summed E-state index contributed by atoms with van der Waals surface area (Å²) in [6, 6.07) is 44.6. The molecule has 0 aliphatic carbocycles. The van der Waals surface area contributed by atoms with Gasteiger partial charge in [0.05, 0.1) is 0 Å². The first-order valence-corrected chi connectivity index (χ1v) is 18.6. The van der Waals surface area contributed by atoms with Gasteiger partial charge in [0.25, 0.3) is 0 Å². The molecule has 7 aromatic carbocycles. The molecular weight excluding hydrogens is 690 g/mol. The molecule has 0 spiro atoms. The standard InChI is InChI=1S/C45H22B7N3S/c46-34-31(37(49)41-32(35(34)47)33-36(48)38(50)39(51)40(52)42(33)56-41)30-13-7-12-29(22-30)25-16-20-28(21-17-25)45-54-43(26-10-5-2-6-11-26)53-44(55-45)27-18-14-24(15-19-27)23-8-3-1-4-9-23/h1-22H. The van der Waals surface area contributed by atoms with E-state index in [9.17, 15) is 0 Å². The molecule has 244 valence electrons. The zero-order chi connectivity index (χ0) is 38.7. The number of nitrogens with zero attached hydrogens (tertiary/aromatic N) is 3. The molecule has 56 heavy (non-hydrogen) atoms. The van der Waals surface area contributed by atoms with Crippen molar-refractivity contribution in [1.29, 1.82) is 0 Å². The first-order chi connectivity index (χ1) is 27.2. The minimum atomic E-state index is 0.204. The minimum Gasteiger partial charge on any atom is -0.208 e. The third kappa shape index (κ3) is 6.15. The number of benzene rings is 7. The van der Waals surface area contributed by atoms with E-state index in [1.807, 2.05) is 97.1 Å². The lowest BCUT2D eigenvalue weighted by atomic mass is 9.64. The molecule has 0 aliphatic heterocycles. The Balaban J connectivity index is 1.09. The lowest BCUT2D eigenvalue weighted by Gasteiger charge is -2.18. The average molecular weight is 712 g/mol. The van der Waals surface area contributed by atoms with Gasteiger partial charge in [-0.3, -0.25) is 0 Å². The van der Waals surface area contributed by atoms with Crippen molar-refractivity contribution in [3.05, 3.63) is 133 Å². The monoisotopic (exact) mass is 713 g/mol. The second-order valence-electron chi connectivity index (χ2n) is 13.6. The van der Waals surface area contributed by atoms with Crippen molar-refractivity contribution in [2.75, 3.05) is 0 Å². The molecule has 0 amide bonds. The van der Waals surface area contributed by atoms with Crippen molar-refractivity contribution >= 4 is 125 Å².